The maximum atomic E-state index is 11.3. The molecule has 0 radical (unpaired) electrons. The summed E-state index contributed by atoms with van der Waals surface area (Å²) in [6.07, 6.45) is 0. The number of benzene rings is 1. The van der Waals surface area contributed by atoms with Gasteiger partial charge in [-0.3, -0.25) is 19.7 Å². The summed E-state index contributed by atoms with van der Waals surface area (Å²) in [7, 11) is 2.85. The van der Waals surface area contributed by atoms with Crippen LogP contribution in [0.3, 0.4) is 0 Å². The highest BCUT2D eigenvalue weighted by atomic mass is 16.6. The van der Waals surface area contributed by atoms with E-state index < -0.39 is 10.8 Å². The Balaban J connectivity index is 3.11. The van der Waals surface area contributed by atoms with Gasteiger partial charge in [0.1, 0.15) is 5.69 Å². The van der Waals surface area contributed by atoms with Crippen LogP contribution in [0.2, 0.25) is 0 Å². The van der Waals surface area contributed by atoms with Gasteiger partial charge in [0, 0.05) is 18.7 Å². The van der Waals surface area contributed by atoms with E-state index in [9.17, 15) is 14.9 Å². The highest BCUT2D eigenvalue weighted by molar-refractivity contribution is 5.95. The number of hydrogen-bond donors (Lipinski definition) is 2. The largest absolute Gasteiger partial charge is 0.383 e. The van der Waals surface area contributed by atoms with Gasteiger partial charge in [0.15, 0.2) is 0 Å². The monoisotopic (exact) mass is 225 g/mol. The average molecular weight is 225 g/mol. The number of anilines is 1. The van der Waals surface area contributed by atoms with Crippen LogP contribution in [0, 0.1) is 10.1 Å². The molecule has 16 heavy (non-hydrogen) atoms. The van der Waals surface area contributed by atoms with Gasteiger partial charge >= 0.3 is 0 Å². The molecule has 7 nitrogen and oxygen atoms in total. The van der Waals surface area contributed by atoms with Crippen LogP contribution >= 0.6 is 0 Å². The summed E-state index contributed by atoms with van der Waals surface area (Å²) in [5.41, 5.74) is 2.43. The van der Waals surface area contributed by atoms with Crippen molar-refractivity contribution < 1.29 is 14.6 Å². The summed E-state index contributed by atoms with van der Waals surface area (Å²) in [4.78, 5) is 25.9. The Kier molecular flexibility index (Phi) is 3.78. The third-order valence-corrected chi connectivity index (χ3v) is 1.92. The Morgan fingerprint density at radius 1 is 1.50 bits per heavy atom. The molecule has 1 aromatic carbocycles. The summed E-state index contributed by atoms with van der Waals surface area (Å²) < 4.78 is 0. The molecule has 0 heterocycles. The van der Waals surface area contributed by atoms with Gasteiger partial charge in [0.05, 0.1) is 12.0 Å². The molecule has 0 aliphatic heterocycles. The summed E-state index contributed by atoms with van der Waals surface area (Å²) >= 11 is 0. The van der Waals surface area contributed by atoms with Crippen LogP contribution in [0.25, 0.3) is 0 Å². The van der Waals surface area contributed by atoms with Crippen LogP contribution in [-0.2, 0) is 4.84 Å². The molecule has 1 aromatic rings. The zero-order valence-corrected chi connectivity index (χ0v) is 8.81. The van der Waals surface area contributed by atoms with E-state index in [-0.39, 0.29) is 11.3 Å². The lowest BCUT2D eigenvalue weighted by Crippen LogP contribution is -2.21. The second-order valence-electron chi connectivity index (χ2n) is 2.87. The molecule has 0 atom stereocenters. The summed E-state index contributed by atoms with van der Waals surface area (Å²) in [5, 5.41) is 13.4. The lowest BCUT2D eigenvalue weighted by molar-refractivity contribution is -0.384. The first-order chi connectivity index (χ1) is 7.60. The van der Waals surface area contributed by atoms with Crippen LogP contribution in [-0.4, -0.2) is 25.0 Å². The number of hydroxylamine groups is 1. The number of hydrogen-bond acceptors (Lipinski definition) is 5. The molecule has 0 unspecified atom stereocenters. The Bertz CT molecular complexity index is 419. The average Bonchev–Trinajstić information content (AvgIpc) is 2.28. The smallest absolute Gasteiger partial charge is 0.293 e. The first kappa shape index (κ1) is 11.9. The Morgan fingerprint density at radius 2 is 2.19 bits per heavy atom. The van der Waals surface area contributed by atoms with Gasteiger partial charge in [-0.1, -0.05) is 0 Å². The minimum absolute atomic E-state index is 0.160. The minimum atomic E-state index is -0.560. The van der Waals surface area contributed by atoms with Gasteiger partial charge in [0.2, 0.25) is 0 Å². The number of carbonyl (C=O) groups is 1. The number of amides is 1. The quantitative estimate of drug-likeness (QED) is 0.587. The van der Waals surface area contributed by atoms with E-state index >= 15 is 0 Å². The van der Waals surface area contributed by atoms with Crippen molar-refractivity contribution >= 4 is 17.3 Å². The topological polar surface area (TPSA) is 93.5 Å². The van der Waals surface area contributed by atoms with Gasteiger partial charge in [-0.15, -0.1) is 0 Å². The Hall–Kier alpha value is -2.15. The van der Waals surface area contributed by atoms with E-state index in [0.717, 1.165) is 0 Å². The number of nitro benzene ring substituents is 1. The van der Waals surface area contributed by atoms with Crippen molar-refractivity contribution in [3.8, 4) is 0 Å². The molecule has 7 heteroatoms. The predicted octanol–water partition coefficient (Wildman–Crippen LogP) is 0.928. The van der Waals surface area contributed by atoms with Gasteiger partial charge < -0.3 is 5.32 Å². The molecule has 1 rings (SSSR count). The molecule has 2 N–H and O–H groups in total. The Labute approximate surface area is 91.5 Å². The van der Waals surface area contributed by atoms with Crippen molar-refractivity contribution in [2.45, 2.75) is 0 Å². The molecule has 0 aliphatic rings. The van der Waals surface area contributed by atoms with Crippen molar-refractivity contribution in [1.82, 2.24) is 5.48 Å². The fourth-order valence-corrected chi connectivity index (χ4v) is 1.19. The molecule has 0 spiro atoms. The van der Waals surface area contributed by atoms with E-state index in [1.807, 2.05) is 0 Å². The van der Waals surface area contributed by atoms with E-state index in [0.29, 0.717) is 5.69 Å². The van der Waals surface area contributed by atoms with Crippen molar-refractivity contribution in [1.29, 1.82) is 0 Å². The van der Waals surface area contributed by atoms with Gasteiger partial charge in [-0.25, -0.2) is 5.48 Å². The van der Waals surface area contributed by atoms with E-state index in [1.165, 1.54) is 25.3 Å². The van der Waals surface area contributed by atoms with Crippen LogP contribution in [0.1, 0.15) is 10.4 Å². The molecular formula is C9H11N3O4. The third-order valence-electron chi connectivity index (χ3n) is 1.92. The first-order valence-corrected chi connectivity index (χ1v) is 4.39. The minimum Gasteiger partial charge on any atom is -0.383 e. The fourth-order valence-electron chi connectivity index (χ4n) is 1.19. The second-order valence-corrected chi connectivity index (χ2v) is 2.87. The zero-order chi connectivity index (χ0) is 12.1. The highest BCUT2D eigenvalue weighted by Crippen LogP contribution is 2.24. The predicted molar refractivity (Wildman–Crippen MR) is 57.1 cm³/mol. The first-order valence-electron chi connectivity index (χ1n) is 4.39. The van der Waals surface area contributed by atoms with Crippen LogP contribution in [0.5, 0.6) is 0 Å². The van der Waals surface area contributed by atoms with Gasteiger partial charge in [-0.2, -0.15) is 0 Å². The summed E-state index contributed by atoms with van der Waals surface area (Å²) in [5.74, 6) is -0.534. The molecule has 0 fully saturated rings. The maximum absolute atomic E-state index is 11.3. The zero-order valence-electron chi connectivity index (χ0n) is 8.81. The van der Waals surface area contributed by atoms with Crippen molar-refractivity contribution in [3.05, 3.63) is 33.9 Å². The van der Waals surface area contributed by atoms with E-state index in [4.69, 9.17) is 0 Å². The molecule has 0 saturated heterocycles. The second kappa shape index (κ2) is 5.08. The van der Waals surface area contributed by atoms with Crippen LogP contribution in [0.15, 0.2) is 18.2 Å². The van der Waals surface area contributed by atoms with Crippen LogP contribution in [0.4, 0.5) is 11.4 Å². The highest BCUT2D eigenvalue weighted by Gasteiger charge is 2.16. The number of rotatable bonds is 4. The molecule has 0 bridgehead atoms. The summed E-state index contributed by atoms with van der Waals surface area (Å²) in [6.45, 7) is 0. The Morgan fingerprint density at radius 3 is 2.69 bits per heavy atom. The number of nitrogens with one attached hydrogen (secondary N) is 2. The molecule has 0 aliphatic carbocycles. The third kappa shape index (κ3) is 2.45. The number of nitro groups is 1. The SMILES string of the molecule is CNc1ccc(C(=O)NOC)cc1[N+](=O)[O-]. The van der Waals surface area contributed by atoms with E-state index in [2.05, 4.69) is 15.6 Å². The van der Waals surface area contributed by atoms with Crippen molar-refractivity contribution in [2.24, 2.45) is 0 Å². The number of nitrogens with zero attached hydrogens (tertiary/aromatic N) is 1. The van der Waals surface area contributed by atoms with E-state index in [1.54, 1.807) is 7.05 Å². The van der Waals surface area contributed by atoms with Crippen molar-refractivity contribution in [2.75, 3.05) is 19.5 Å². The van der Waals surface area contributed by atoms with Crippen molar-refractivity contribution in [3.63, 3.8) is 0 Å². The van der Waals surface area contributed by atoms with Gasteiger partial charge in [0.25, 0.3) is 11.6 Å². The van der Waals surface area contributed by atoms with Gasteiger partial charge in [-0.05, 0) is 12.1 Å². The molecule has 86 valence electrons. The summed E-state index contributed by atoms with van der Waals surface area (Å²) in [6, 6.07) is 4.11. The molecular weight excluding hydrogens is 214 g/mol. The molecule has 0 saturated carbocycles. The molecule has 0 aromatic heterocycles. The lowest BCUT2D eigenvalue weighted by atomic mass is 10.1. The molecule has 1 amide bonds. The fraction of sp³-hybridized carbons (Fsp3) is 0.222. The normalized spacial score (nSPS) is 9.62. The standard InChI is InChI=1S/C9H11N3O4/c1-10-7-4-3-6(9(13)11-16-2)5-8(7)12(14)15/h3-5,10H,1-2H3,(H,11,13). The maximum Gasteiger partial charge on any atom is 0.293 e. The number of carbonyl (C=O) groups excluding carboxylic acids is 1. The van der Waals surface area contributed by atoms with Crippen LogP contribution < -0.4 is 10.8 Å². The lowest BCUT2D eigenvalue weighted by Gasteiger charge is -2.05.